The summed E-state index contributed by atoms with van der Waals surface area (Å²) in [6.07, 6.45) is 0.770. The van der Waals surface area contributed by atoms with E-state index in [9.17, 15) is 0 Å². The second-order valence-electron chi connectivity index (χ2n) is 4.96. The van der Waals surface area contributed by atoms with E-state index in [-0.39, 0.29) is 6.04 Å². The van der Waals surface area contributed by atoms with Crippen molar-refractivity contribution in [2.75, 3.05) is 0 Å². The van der Waals surface area contributed by atoms with Gasteiger partial charge in [-0.15, -0.1) is 0 Å². The first-order valence-corrected chi connectivity index (χ1v) is 7.11. The largest absolute Gasteiger partial charge is 0.328 e. The summed E-state index contributed by atoms with van der Waals surface area (Å²) in [5, 5.41) is 0. The zero-order chi connectivity index (χ0) is 14.0. The molecule has 1 unspecified atom stereocenters. The minimum atomic E-state index is 0.105. The Morgan fingerprint density at radius 2 is 1.95 bits per heavy atom. The molecule has 0 aliphatic carbocycles. The maximum atomic E-state index is 5.85. The van der Waals surface area contributed by atoms with Gasteiger partial charge < -0.3 is 5.73 Å². The zero-order valence-electron chi connectivity index (χ0n) is 11.4. The van der Waals surface area contributed by atoms with Crippen molar-refractivity contribution < 1.29 is 0 Å². The average molecular weight is 320 g/mol. The maximum Gasteiger partial charge on any atom is 0.159 e. The van der Waals surface area contributed by atoms with Crippen LogP contribution in [0.5, 0.6) is 0 Å². The lowest BCUT2D eigenvalue weighted by Gasteiger charge is -2.10. The van der Waals surface area contributed by atoms with E-state index < -0.39 is 0 Å². The van der Waals surface area contributed by atoms with Crippen LogP contribution >= 0.6 is 15.9 Å². The highest BCUT2D eigenvalue weighted by Gasteiger charge is 2.09. The molecule has 0 amide bonds. The Kier molecular flexibility index (Phi) is 4.32. The molecule has 100 valence electrons. The topological polar surface area (TPSA) is 51.8 Å². The highest BCUT2D eigenvalue weighted by molar-refractivity contribution is 9.10. The van der Waals surface area contributed by atoms with Gasteiger partial charge in [0.1, 0.15) is 0 Å². The highest BCUT2D eigenvalue weighted by atomic mass is 79.9. The van der Waals surface area contributed by atoms with Crippen LogP contribution in [-0.4, -0.2) is 16.0 Å². The molecule has 0 saturated carbocycles. The molecule has 2 N–H and O–H groups in total. The lowest BCUT2D eigenvalue weighted by atomic mass is 10.1. The minimum Gasteiger partial charge on any atom is -0.328 e. The molecule has 2 aromatic rings. The monoisotopic (exact) mass is 319 g/mol. The van der Waals surface area contributed by atoms with Gasteiger partial charge in [-0.1, -0.05) is 15.9 Å². The number of nitrogens with zero attached hydrogens (tertiary/aromatic N) is 2. The summed E-state index contributed by atoms with van der Waals surface area (Å²) < 4.78 is 1.07. The lowest BCUT2D eigenvalue weighted by Crippen LogP contribution is -2.19. The van der Waals surface area contributed by atoms with Crippen molar-refractivity contribution in [3.8, 4) is 11.4 Å². The molecular weight excluding hydrogens is 302 g/mol. The van der Waals surface area contributed by atoms with Crippen molar-refractivity contribution >= 4 is 15.9 Å². The van der Waals surface area contributed by atoms with E-state index >= 15 is 0 Å². The van der Waals surface area contributed by atoms with Gasteiger partial charge in [0.05, 0.1) is 0 Å². The van der Waals surface area contributed by atoms with Gasteiger partial charge in [-0.25, -0.2) is 9.97 Å². The van der Waals surface area contributed by atoms with Gasteiger partial charge in [0.2, 0.25) is 0 Å². The molecule has 1 aromatic carbocycles. The summed E-state index contributed by atoms with van der Waals surface area (Å²) in [6, 6.07) is 8.24. The molecule has 0 aliphatic heterocycles. The Balaban J connectivity index is 2.46. The summed E-state index contributed by atoms with van der Waals surface area (Å²) >= 11 is 3.47. The van der Waals surface area contributed by atoms with E-state index in [1.807, 2.05) is 32.0 Å². The van der Waals surface area contributed by atoms with E-state index in [1.165, 1.54) is 0 Å². The van der Waals surface area contributed by atoms with E-state index in [1.54, 1.807) is 0 Å². The summed E-state index contributed by atoms with van der Waals surface area (Å²) in [5.41, 5.74) is 10.0. The normalized spacial score (nSPS) is 12.5. The first kappa shape index (κ1) is 14.2. The number of aromatic nitrogens is 2. The van der Waals surface area contributed by atoms with Gasteiger partial charge in [0.25, 0.3) is 0 Å². The van der Waals surface area contributed by atoms with E-state index in [2.05, 4.69) is 38.9 Å². The number of hydrogen-bond donors (Lipinski definition) is 1. The van der Waals surface area contributed by atoms with Crippen molar-refractivity contribution in [1.29, 1.82) is 0 Å². The first-order chi connectivity index (χ1) is 8.95. The minimum absolute atomic E-state index is 0.105. The van der Waals surface area contributed by atoms with E-state index in [4.69, 9.17) is 5.73 Å². The van der Waals surface area contributed by atoms with Crippen LogP contribution in [0, 0.1) is 13.8 Å². The second-order valence-corrected chi connectivity index (χ2v) is 5.88. The number of nitrogens with two attached hydrogens (primary N) is 1. The molecule has 0 bridgehead atoms. The molecule has 1 heterocycles. The molecule has 1 aromatic heterocycles. The molecule has 0 saturated heterocycles. The van der Waals surface area contributed by atoms with Gasteiger partial charge >= 0.3 is 0 Å². The van der Waals surface area contributed by atoms with Gasteiger partial charge in [0, 0.05) is 33.9 Å². The quantitative estimate of drug-likeness (QED) is 0.943. The maximum absolute atomic E-state index is 5.85. The molecule has 3 nitrogen and oxygen atoms in total. The SMILES string of the molecule is Cc1cc(CC(C)N)nc(-c2ccc(Br)cc2C)n1. The number of aryl methyl sites for hydroxylation is 2. The van der Waals surface area contributed by atoms with Crippen molar-refractivity contribution in [2.24, 2.45) is 5.73 Å². The highest BCUT2D eigenvalue weighted by Crippen LogP contribution is 2.24. The Labute approximate surface area is 122 Å². The first-order valence-electron chi connectivity index (χ1n) is 6.32. The van der Waals surface area contributed by atoms with Crippen LogP contribution in [-0.2, 0) is 6.42 Å². The number of halogens is 1. The fourth-order valence-electron chi connectivity index (χ4n) is 2.07. The average Bonchev–Trinajstić information content (AvgIpc) is 2.26. The summed E-state index contributed by atoms with van der Waals surface area (Å²) in [4.78, 5) is 9.16. The summed E-state index contributed by atoms with van der Waals surface area (Å²) in [5.74, 6) is 0.778. The number of hydrogen-bond acceptors (Lipinski definition) is 3. The molecule has 2 rings (SSSR count). The fourth-order valence-corrected chi connectivity index (χ4v) is 2.54. The molecule has 19 heavy (non-hydrogen) atoms. The molecule has 0 radical (unpaired) electrons. The molecule has 0 fully saturated rings. The summed E-state index contributed by atoms with van der Waals surface area (Å²) in [6.45, 7) is 6.04. The van der Waals surface area contributed by atoms with E-state index in [0.29, 0.717) is 0 Å². The van der Waals surface area contributed by atoms with E-state index in [0.717, 1.165) is 39.2 Å². The van der Waals surface area contributed by atoms with Crippen LogP contribution in [0.2, 0.25) is 0 Å². The third-order valence-corrected chi connectivity index (χ3v) is 3.36. The van der Waals surface area contributed by atoms with Gasteiger partial charge in [-0.05, 0) is 50.6 Å². The van der Waals surface area contributed by atoms with Crippen LogP contribution in [0.3, 0.4) is 0 Å². The number of benzene rings is 1. The predicted molar refractivity (Wildman–Crippen MR) is 82.0 cm³/mol. The van der Waals surface area contributed by atoms with Gasteiger partial charge in [-0.3, -0.25) is 0 Å². The van der Waals surface area contributed by atoms with Crippen LogP contribution in [0.1, 0.15) is 23.9 Å². The van der Waals surface area contributed by atoms with Crippen LogP contribution in [0.4, 0.5) is 0 Å². The van der Waals surface area contributed by atoms with Crippen LogP contribution < -0.4 is 5.73 Å². The standard InChI is InChI=1S/C15H18BrN3/c1-9-6-12(16)4-5-14(9)15-18-11(3)8-13(19-15)7-10(2)17/h4-6,8,10H,7,17H2,1-3H3. The van der Waals surface area contributed by atoms with Crippen molar-refractivity contribution in [1.82, 2.24) is 9.97 Å². The molecule has 0 spiro atoms. The third-order valence-electron chi connectivity index (χ3n) is 2.87. The zero-order valence-corrected chi connectivity index (χ0v) is 13.0. The van der Waals surface area contributed by atoms with Crippen molar-refractivity contribution in [2.45, 2.75) is 33.2 Å². The fraction of sp³-hybridized carbons (Fsp3) is 0.333. The van der Waals surface area contributed by atoms with Crippen LogP contribution in [0.25, 0.3) is 11.4 Å². The van der Waals surface area contributed by atoms with Gasteiger partial charge in [-0.2, -0.15) is 0 Å². The predicted octanol–water partition coefficient (Wildman–Crippen LogP) is 3.41. The molecule has 1 atom stereocenters. The Morgan fingerprint density at radius 1 is 1.21 bits per heavy atom. The second kappa shape index (κ2) is 5.80. The van der Waals surface area contributed by atoms with Crippen molar-refractivity contribution in [3.05, 3.63) is 45.7 Å². The summed E-state index contributed by atoms with van der Waals surface area (Å²) in [7, 11) is 0. The molecular formula is C15H18BrN3. The molecule has 4 heteroatoms. The molecule has 0 aliphatic rings. The Bertz CT molecular complexity index is 594. The van der Waals surface area contributed by atoms with Gasteiger partial charge in [0.15, 0.2) is 5.82 Å². The smallest absolute Gasteiger partial charge is 0.159 e. The Morgan fingerprint density at radius 3 is 2.58 bits per heavy atom. The lowest BCUT2D eigenvalue weighted by molar-refractivity contribution is 0.719. The third kappa shape index (κ3) is 3.61. The Hall–Kier alpha value is -1.26. The number of rotatable bonds is 3. The van der Waals surface area contributed by atoms with Crippen molar-refractivity contribution in [3.63, 3.8) is 0 Å². The van der Waals surface area contributed by atoms with Crippen LogP contribution in [0.15, 0.2) is 28.7 Å².